The summed E-state index contributed by atoms with van der Waals surface area (Å²) in [6, 6.07) is 25.8. The number of pyridine rings is 1. The van der Waals surface area contributed by atoms with Crippen molar-refractivity contribution in [3.8, 4) is 0 Å². The minimum atomic E-state index is 0.406. The first kappa shape index (κ1) is 16.8. The maximum Gasteiger partial charge on any atom is 0.135 e. The molecule has 3 aromatic rings. The van der Waals surface area contributed by atoms with E-state index in [1.54, 1.807) is 0 Å². The molecule has 1 saturated heterocycles. The molecular formula is C23H25N3. The van der Waals surface area contributed by atoms with Crippen LogP contribution in [0.5, 0.6) is 0 Å². The average molecular weight is 343 g/mol. The topological polar surface area (TPSA) is 28.2 Å². The molecule has 0 unspecified atom stereocenters. The first-order valence-electron chi connectivity index (χ1n) is 9.45. The number of hydrogen-bond donors (Lipinski definition) is 1. The molecule has 1 aliphatic heterocycles. The molecule has 132 valence electrons. The zero-order valence-electron chi connectivity index (χ0n) is 15.0. The van der Waals surface area contributed by atoms with Crippen LogP contribution in [0, 0.1) is 0 Å². The lowest BCUT2D eigenvalue weighted by Gasteiger charge is -2.36. The van der Waals surface area contributed by atoms with Gasteiger partial charge in [-0.15, -0.1) is 0 Å². The molecule has 0 saturated carbocycles. The third kappa shape index (κ3) is 3.94. The number of nitrogens with one attached hydrogen (secondary N) is 1. The third-order valence-corrected chi connectivity index (χ3v) is 5.08. The predicted octanol–water partition coefficient (Wildman–Crippen LogP) is 5.55. The first-order valence-corrected chi connectivity index (χ1v) is 9.45. The van der Waals surface area contributed by atoms with E-state index in [0.29, 0.717) is 6.04 Å². The fourth-order valence-corrected chi connectivity index (χ4v) is 3.80. The predicted molar refractivity (Wildman–Crippen MR) is 107 cm³/mol. The van der Waals surface area contributed by atoms with Crippen molar-refractivity contribution in [3.63, 3.8) is 0 Å². The molecule has 0 spiro atoms. The van der Waals surface area contributed by atoms with Gasteiger partial charge in [-0.1, -0.05) is 61.0 Å². The van der Waals surface area contributed by atoms with Crippen LogP contribution in [0.25, 0.3) is 0 Å². The second-order valence-corrected chi connectivity index (χ2v) is 6.90. The van der Waals surface area contributed by atoms with E-state index in [-0.39, 0.29) is 0 Å². The van der Waals surface area contributed by atoms with Crippen LogP contribution in [0.3, 0.4) is 0 Å². The quantitative estimate of drug-likeness (QED) is 0.658. The number of anilines is 2. The summed E-state index contributed by atoms with van der Waals surface area (Å²) >= 11 is 0. The Labute approximate surface area is 155 Å². The van der Waals surface area contributed by atoms with Crippen LogP contribution in [-0.4, -0.2) is 16.4 Å². The number of nitrogens with zero attached hydrogens (tertiary/aromatic N) is 2. The van der Waals surface area contributed by atoms with Gasteiger partial charge in [0.15, 0.2) is 0 Å². The molecule has 2 aromatic carbocycles. The van der Waals surface area contributed by atoms with Crippen LogP contribution < -0.4 is 5.32 Å². The zero-order chi connectivity index (χ0) is 17.6. The van der Waals surface area contributed by atoms with Crippen LogP contribution >= 0.6 is 0 Å². The smallest absolute Gasteiger partial charge is 0.135 e. The Balaban J connectivity index is 1.60. The molecule has 3 nitrogen and oxygen atoms in total. The second kappa shape index (κ2) is 8.15. The molecule has 4 rings (SSSR count). The van der Waals surface area contributed by atoms with E-state index in [1.807, 2.05) is 24.4 Å². The molecule has 1 N–H and O–H groups in total. The lowest BCUT2D eigenvalue weighted by Crippen LogP contribution is -2.33. The molecule has 1 fully saturated rings. The molecule has 0 bridgehead atoms. The van der Waals surface area contributed by atoms with Crippen molar-refractivity contribution in [2.45, 2.75) is 31.8 Å². The summed E-state index contributed by atoms with van der Waals surface area (Å²) in [5.41, 5.74) is 3.76. The average Bonchev–Trinajstić information content (AvgIpc) is 2.71. The van der Waals surface area contributed by atoms with Crippen molar-refractivity contribution in [1.29, 1.82) is 0 Å². The summed E-state index contributed by atoms with van der Waals surface area (Å²) in [6.45, 7) is 2.13. The van der Waals surface area contributed by atoms with Crippen molar-refractivity contribution >= 4 is 11.5 Å². The maximum absolute atomic E-state index is 4.65. The normalized spacial score (nSPS) is 17.8. The Morgan fingerprint density at radius 3 is 2.46 bits per heavy atom. The minimum Gasteiger partial charge on any atom is -0.340 e. The Bertz CT molecular complexity index is 817. The first-order chi connectivity index (χ1) is 12.9. The highest BCUT2D eigenvalue weighted by Gasteiger charge is 2.26. The van der Waals surface area contributed by atoms with Gasteiger partial charge in [0.25, 0.3) is 0 Å². The molecule has 0 aliphatic carbocycles. The molecule has 0 radical (unpaired) electrons. The van der Waals surface area contributed by atoms with Gasteiger partial charge in [0.2, 0.25) is 0 Å². The lowest BCUT2D eigenvalue weighted by atomic mass is 9.94. The van der Waals surface area contributed by atoms with Gasteiger partial charge in [0, 0.05) is 30.0 Å². The van der Waals surface area contributed by atoms with E-state index in [4.69, 9.17) is 0 Å². The molecule has 3 heteroatoms. The molecule has 26 heavy (non-hydrogen) atoms. The molecule has 1 aromatic heterocycles. The Morgan fingerprint density at radius 1 is 0.885 bits per heavy atom. The lowest BCUT2D eigenvalue weighted by molar-refractivity contribution is 0.140. The largest absolute Gasteiger partial charge is 0.340 e. The van der Waals surface area contributed by atoms with Crippen LogP contribution in [0.4, 0.5) is 11.5 Å². The summed E-state index contributed by atoms with van der Waals surface area (Å²) in [5.74, 6) is 0.976. The van der Waals surface area contributed by atoms with Gasteiger partial charge in [-0.25, -0.2) is 4.98 Å². The van der Waals surface area contributed by atoms with Gasteiger partial charge in [0.05, 0.1) is 0 Å². The van der Waals surface area contributed by atoms with Crippen LogP contribution in [0.2, 0.25) is 0 Å². The van der Waals surface area contributed by atoms with Crippen LogP contribution in [-0.2, 0) is 6.54 Å². The molecule has 1 atom stereocenters. The van der Waals surface area contributed by atoms with Crippen molar-refractivity contribution in [2.75, 3.05) is 11.9 Å². The summed E-state index contributed by atoms with van der Waals surface area (Å²) in [4.78, 5) is 7.26. The minimum absolute atomic E-state index is 0.406. The number of benzene rings is 2. The summed E-state index contributed by atoms with van der Waals surface area (Å²) in [6.07, 6.45) is 5.60. The van der Waals surface area contributed by atoms with E-state index in [1.165, 1.54) is 30.4 Å². The summed E-state index contributed by atoms with van der Waals surface area (Å²) in [5, 5.41) is 3.52. The van der Waals surface area contributed by atoms with Gasteiger partial charge in [-0.05, 0) is 43.1 Å². The zero-order valence-corrected chi connectivity index (χ0v) is 15.0. The Morgan fingerprint density at radius 2 is 1.65 bits per heavy atom. The number of hydrogen-bond acceptors (Lipinski definition) is 3. The van der Waals surface area contributed by atoms with Gasteiger partial charge in [0.1, 0.15) is 5.82 Å². The number of piperidine rings is 1. The van der Waals surface area contributed by atoms with Crippen molar-refractivity contribution < 1.29 is 0 Å². The van der Waals surface area contributed by atoms with Crippen molar-refractivity contribution in [2.24, 2.45) is 0 Å². The highest BCUT2D eigenvalue weighted by molar-refractivity contribution is 5.59. The van der Waals surface area contributed by atoms with Crippen LogP contribution in [0.1, 0.15) is 36.4 Å². The van der Waals surface area contributed by atoms with Gasteiger partial charge in [-0.2, -0.15) is 0 Å². The maximum atomic E-state index is 4.65. The molecule has 1 aliphatic rings. The van der Waals surface area contributed by atoms with E-state index in [2.05, 4.69) is 69.8 Å². The molecular weight excluding hydrogens is 318 g/mol. The highest BCUT2D eigenvalue weighted by atomic mass is 15.2. The molecule has 0 amide bonds. The fourth-order valence-electron chi connectivity index (χ4n) is 3.80. The summed E-state index contributed by atoms with van der Waals surface area (Å²) in [7, 11) is 0. The number of likely N-dealkylation sites (tertiary alicyclic amines) is 1. The second-order valence-electron chi connectivity index (χ2n) is 6.90. The Hall–Kier alpha value is -2.65. The van der Waals surface area contributed by atoms with Gasteiger partial charge in [-0.3, -0.25) is 4.90 Å². The summed E-state index contributed by atoms with van der Waals surface area (Å²) < 4.78 is 0. The van der Waals surface area contributed by atoms with Gasteiger partial charge >= 0.3 is 0 Å². The van der Waals surface area contributed by atoms with Crippen LogP contribution in [0.15, 0.2) is 79.0 Å². The number of aromatic nitrogens is 1. The van der Waals surface area contributed by atoms with E-state index in [9.17, 15) is 0 Å². The monoisotopic (exact) mass is 343 g/mol. The SMILES string of the molecule is c1ccc(CN2CCCC[C@H]2c2cccnc2Nc2ccccc2)cc1. The third-order valence-electron chi connectivity index (χ3n) is 5.08. The van der Waals surface area contributed by atoms with E-state index in [0.717, 1.165) is 24.6 Å². The number of para-hydroxylation sites is 1. The van der Waals surface area contributed by atoms with Gasteiger partial charge < -0.3 is 5.32 Å². The van der Waals surface area contributed by atoms with E-state index < -0.39 is 0 Å². The number of rotatable bonds is 5. The standard InChI is InChI=1S/C23H25N3/c1-3-10-19(11-4-1)18-26-17-8-7-15-22(26)21-14-9-16-24-23(21)25-20-12-5-2-6-13-20/h1-6,9-14,16,22H,7-8,15,17-18H2,(H,24,25)/t22-/m0/s1. The fraction of sp³-hybridized carbons (Fsp3) is 0.261. The highest BCUT2D eigenvalue weighted by Crippen LogP contribution is 2.35. The Kier molecular flexibility index (Phi) is 5.27. The van der Waals surface area contributed by atoms with Crippen molar-refractivity contribution in [1.82, 2.24) is 9.88 Å². The molecule has 2 heterocycles. The van der Waals surface area contributed by atoms with Crippen molar-refractivity contribution in [3.05, 3.63) is 90.1 Å². The van der Waals surface area contributed by atoms with E-state index >= 15 is 0 Å².